The molecule has 4 heteroatoms. The molecule has 0 aromatic heterocycles. The fraction of sp³-hybridized carbons (Fsp3) is 0.625. The van der Waals surface area contributed by atoms with Crippen LogP contribution in [0, 0.1) is 5.82 Å². The Hall–Kier alpha value is -1.13. The summed E-state index contributed by atoms with van der Waals surface area (Å²) >= 11 is 0. The second kappa shape index (κ2) is 6.10. The van der Waals surface area contributed by atoms with Gasteiger partial charge in [0, 0.05) is 30.7 Å². The summed E-state index contributed by atoms with van der Waals surface area (Å²) in [6.45, 7) is 3.00. The third-order valence-corrected chi connectivity index (χ3v) is 4.67. The minimum atomic E-state index is -0.235. The van der Waals surface area contributed by atoms with E-state index in [1.807, 2.05) is 12.1 Å². The van der Waals surface area contributed by atoms with E-state index in [4.69, 9.17) is 4.74 Å². The summed E-state index contributed by atoms with van der Waals surface area (Å²) < 4.78 is 19.1. The first-order chi connectivity index (χ1) is 9.79. The Kier molecular flexibility index (Phi) is 4.22. The van der Waals surface area contributed by atoms with E-state index < -0.39 is 0 Å². The minimum Gasteiger partial charge on any atom is -0.494 e. The molecule has 2 unspecified atom stereocenters. The quantitative estimate of drug-likeness (QED) is 0.916. The maximum absolute atomic E-state index is 14.1. The van der Waals surface area contributed by atoms with Crippen LogP contribution < -0.4 is 10.1 Å². The molecule has 2 saturated heterocycles. The highest BCUT2D eigenvalue weighted by Crippen LogP contribution is 2.27. The van der Waals surface area contributed by atoms with Crippen molar-refractivity contribution in [2.24, 2.45) is 0 Å². The molecule has 0 radical (unpaired) electrons. The van der Waals surface area contributed by atoms with Crippen molar-refractivity contribution in [1.29, 1.82) is 0 Å². The van der Waals surface area contributed by atoms with E-state index in [0.717, 1.165) is 0 Å². The number of hydrogen-bond donors (Lipinski definition) is 1. The van der Waals surface area contributed by atoms with E-state index in [-0.39, 0.29) is 5.82 Å². The Morgan fingerprint density at radius 2 is 2.20 bits per heavy atom. The largest absolute Gasteiger partial charge is 0.494 e. The molecule has 1 aromatic rings. The van der Waals surface area contributed by atoms with Crippen LogP contribution in [0.4, 0.5) is 4.39 Å². The summed E-state index contributed by atoms with van der Waals surface area (Å²) in [7, 11) is 1.51. The van der Waals surface area contributed by atoms with Crippen LogP contribution >= 0.6 is 0 Å². The second-order valence-electron chi connectivity index (χ2n) is 5.81. The fourth-order valence-corrected chi connectivity index (χ4v) is 3.58. The number of piperidine rings is 1. The van der Waals surface area contributed by atoms with Gasteiger partial charge in [0.05, 0.1) is 7.11 Å². The molecular formula is C16H23FN2O. The number of nitrogens with one attached hydrogen (secondary N) is 1. The van der Waals surface area contributed by atoms with Gasteiger partial charge in [-0.3, -0.25) is 4.90 Å². The highest BCUT2D eigenvalue weighted by Gasteiger charge is 2.35. The van der Waals surface area contributed by atoms with Gasteiger partial charge in [-0.2, -0.15) is 0 Å². The van der Waals surface area contributed by atoms with Crippen molar-refractivity contribution in [1.82, 2.24) is 10.2 Å². The van der Waals surface area contributed by atoms with Crippen LogP contribution in [0.1, 0.15) is 31.2 Å². The van der Waals surface area contributed by atoms with Gasteiger partial charge in [-0.05, 0) is 31.9 Å². The molecule has 0 bridgehead atoms. The third kappa shape index (κ3) is 2.67. The first-order valence-corrected chi connectivity index (χ1v) is 7.58. The van der Waals surface area contributed by atoms with Gasteiger partial charge in [-0.15, -0.1) is 0 Å². The Bertz CT molecular complexity index is 466. The Balaban J connectivity index is 1.62. The van der Waals surface area contributed by atoms with Crippen molar-refractivity contribution in [3.05, 3.63) is 29.6 Å². The van der Waals surface area contributed by atoms with Gasteiger partial charge in [0.1, 0.15) is 0 Å². The van der Waals surface area contributed by atoms with E-state index in [1.54, 1.807) is 6.07 Å². The topological polar surface area (TPSA) is 24.5 Å². The maximum Gasteiger partial charge on any atom is 0.169 e. The SMILES string of the molecule is COc1cccc(CNC2CCN3CCCCC23)c1F. The highest BCUT2D eigenvalue weighted by molar-refractivity contribution is 5.31. The lowest BCUT2D eigenvalue weighted by Crippen LogP contribution is -2.44. The van der Waals surface area contributed by atoms with Crippen molar-refractivity contribution in [3.63, 3.8) is 0 Å². The lowest BCUT2D eigenvalue weighted by atomic mass is 9.99. The summed E-state index contributed by atoms with van der Waals surface area (Å²) in [6, 6.07) is 6.49. The van der Waals surface area contributed by atoms with E-state index in [9.17, 15) is 4.39 Å². The maximum atomic E-state index is 14.1. The molecule has 2 fully saturated rings. The smallest absolute Gasteiger partial charge is 0.169 e. The molecular weight excluding hydrogens is 255 g/mol. The Morgan fingerprint density at radius 1 is 1.30 bits per heavy atom. The molecule has 0 aliphatic carbocycles. The van der Waals surface area contributed by atoms with Crippen molar-refractivity contribution in [2.75, 3.05) is 20.2 Å². The molecule has 2 heterocycles. The van der Waals surface area contributed by atoms with E-state index in [2.05, 4.69) is 10.2 Å². The van der Waals surface area contributed by atoms with E-state index in [0.29, 0.717) is 29.9 Å². The summed E-state index contributed by atoms with van der Waals surface area (Å²) in [5.41, 5.74) is 0.693. The highest BCUT2D eigenvalue weighted by atomic mass is 19.1. The van der Waals surface area contributed by atoms with E-state index >= 15 is 0 Å². The molecule has 110 valence electrons. The number of ether oxygens (including phenoxy) is 1. The molecule has 0 amide bonds. The number of nitrogens with zero attached hydrogens (tertiary/aromatic N) is 1. The van der Waals surface area contributed by atoms with E-state index in [1.165, 1.54) is 45.9 Å². The summed E-state index contributed by atoms with van der Waals surface area (Å²) in [5, 5.41) is 3.55. The van der Waals surface area contributed by atoms with Crippen molar-refractivity contribution < 1.29 is 9.13 Å². The number of methoxy groups -OCH3 is 1. The molecule has 2 aliphatic rings. The van der Waals surface area contributed by atoms with Gasteiger partial charge in [-0.25, -0.2) is 4.39 Å². The van der Waals surface area contributed by atoms with Crippen LogP contribution in [0.15, 0.2) is 18.2 Å². The molecule has 3 nitrogen and oxygen atoms in total. The molecule has 1 aromatic carbocycles. The monoisotopic (exact) mass is 278 g/mol. The van der Waals surface area contributed by atoms with Gasteiger partial charge in [-0.1, -0.05) is 18.6 Å². The zero-order chi connectivity index (χ0) is 13.9. The summed E-state index contributed by atoms with van der Waals surface area (Å²) in [6.07, 6.45) is 5.11. The molecule has 2 aliphatic heterocycles. The van der Waals surface area contributed by atoms with Crippen LogP contribution in [0.2, 0.25) is 0 Å². The Labute approximate surface area is 120 Å². The molecule has 1 N–H and O–H groups in total. The normalized spacial score (nSPS) is 26.5. The van der Waals surface area contributed by atoms with Gasteiger partial charge in [0.25, 0.3) is 0 Å². The average Bonchev–Trinajstić information content (AvgIpc) is 2.89. The van der Waals surface area contributed by atoms with Crippen LogP contribution in [0.3, 0.4) is 0 Å². The zero-order valence-electron chi connectivity index (χ0n) is 12.1. The summed E-state index contributed by atoms with van der Waals surface area (Å²) in [4.78, 5) is 2.59. The number of halogens is 1. The van der Waals surface area contributed by atoms with Gasteiger partial charge >= 0.3 is 0 Å². The zero-order valence-corrected chi connectivity index (χ0v) is 12.1. The second-order valence-corrected chi connectivity index (χ2v) is 5.81. The molecule has 20 heavy (non-hydrogen) atoms. The number of rotatable bonds is 4. The predicted octanol–water partition coefficient (Wildman–Crippen LogP) is 2.55. The van der Waals surface area contributed by atoms with Gasteiger partial charge in [0.2, 0.25) is 0 Å². The lowest BCUT2D eigenvalue weighted by Gasteiger charge is -2.32. The van der Waals surface area contributed by atoms with Gasteiger partial charge < -0.3 is 10.1 Å². The molecule has 0 saturated carbocycles. The van der Waals surface area contributed by atoms with Crippen molar-refractivity contribution in [3.8, 4) is 5.75 Å². The standard InChI is InChI=1S/C16H23FN2O/c1-20-15-7-4-5-12(16(15)17)11-18-13-8-10-19-9-3-2-6-14(13)19/h4-5,7,13-14,18H,2-3,6,8-11H2,1H3. The first kappa shape index (κ1) is 13.8. The van der Waals surface area contributed by atoms with Crippen molar-refractivity contribution in [2.45, 2.75) is 44.3 Å². The number of benzene rings is 1. The Morgan fingerprint density at radius 3 is 3.05 bits per heavy atom. The van der Waals surface area contributed by atoms with Crippen LogP contribution in [-0.4, -0.2) is 37.2 Å². The van der Waals surface area contributed by atoms with Crippen LogP contribution in [0.25, 0.3) is 0 Å². The molecule has 2 atom stereocenters. The minimum absolute atomic E-state index is 0.235. The van der Waals surface area contributed by atoms with Crippen LogP contribution in [-0.2, 0) is 6.54 Å². The third-order valence-electron chi connectivity index (χ3n) is 4.67. The molecule has 3 rings (SSSR count). The first-order valence-electron chi connectivity index (χ1n) is 7.58. The predicted molar refractivity (Wildman–Crippen MR) is 77.4 cm³/mol. The fourth-order valence-electron chi connectivity index (χ4n) is 3.58. The average molecular weight is 278 g/mol. The number of fused-ring (bicyclic) bond motifs is 1. The lowest BCUT2D eigenvalue weighted by molar-refractivity contribution is 0.180. The van der Waals surface area contributed by atoms with Crippen molar-refractivity contribution >= 4 is 0 Å². The van der Waals surface area contributed by atoms with Crippen LogP contribution in [0.5, 0.6) is 5.75 Å². The van der Waals surface area contributed by atoms with Gasteiger partial charge in [0.15, 0.2) is 11.6 Å². The summed E-state index contributed by atoms with van der Waals surface area (Å²) in [5.74, 6) is 0.0935. The molecule has 0 spiro atoms. The number of hydrogen-bond acceptors (Lipinski definition) is 3.